The number of carbonyl (C=O) groups excluding carboxylic acids is 4. The van der Waals surface area contributed by atoms with E-state index in [9.17, 15) is 29.4 Å². The van der Waals surface area contributed by atoms with Crippen LogP contribution in [-0.4, -0.2) is 74.4 Å². The molecule has 6 aliphatic rings. The highest BCUT2D eigenvalue weighted by Crippen LogP contribution is 2.68. The molecule has 4 aliphatic carbocycles. The molecule has 2 heterocycles. The van der Waals surface area contributed by atoms with Gasteiger partial charge in [-0.1, -0.05) is 25.9 Å². The first-order chi connectivity index (χ1) is 25.7. The van der Waals surface area contributed by atoms with Crippen molar-refractivity contribution in [2.75, 3.05) is 12.3 Å². The van der Waals surface area contributed by atoms with Crippen LogP contribution in [-0.2, 0) is 19.2 Å². The number of aliphatic hydroxyl groups is 2. The predicted molar refractivity (Wildman–Crippen MR) is 208 cm³/mol. The molecule has 0 aromatic rings. The average Bonchev–Trinajstić information content (AvgIpc) is 3.49. The number of Topliss-reactive ketones (excluding diaryl/α,β-unsaturated/α-hetero) is 2. The molecule has 12 heteroatoms. The van der Waals surface area contributed by atoms with E-state index in [0.29, 0.717) is 72.6 Å². The number of β-lactam (4-membered cyclic amide) rings is 1. The van der Waals surface area contributed by atoms with Crippen molar-refractivity contribution in [3.8, 4) is 12.3 Å². The molecular weight excluding hydrogens is 703 g/mol. The van der Waals surface area contributed by atoms with Crippen LogP contribution >= 0.6 is 11.8 Å². The lowest BCUT2D eigenvalue weighted by Gasteiger charge is -2.62. The maximum Gasteiger partial charge on any atom is 0.253 e. The summed E-state index contributed by atoms with van der Waals surface area (Å²) in [5.41, 5.74) is 10.3. The molecule has 2 aliphatic heterocycles. The van der Waals surface area contributed by atoms with Crippen molar-refractivity contribution in [3.63, 3.8) is 0 Å². The maximum absolute atomic E-state index is 13.7. The zero-order chi connectivity index (χ0) is 38.9. The number of hydrogen-bond donors (Lipinski definition) is 3. The molecule has 4 saturated carbocycles. The molecule has 6 rings (SSSR count). The largest absolute Gasteiger partial charge is 0.393 e. The molecule has 0 aromatic carbocycles. The molecule has 0 bridgehead atoms. The predicted octanol–water partition coefficient (Wildman–Crippen LogP) is 6.72. The Hall–Kier alpha value is -2.84. The fourth-order valence-corrected chi connectivity index (χ4v) is 13.7. The van der Waals surface area contributed by atoms with E-state index >= 15 is 0 Å². The van der Waals surface area contributed by atoms with Gasteiger partial charge in [-0.3, -0.25) is 24.1 Å². The molecule has 1 saturated heterocycles. The lowest BCUT2D eigenvalue weighted by molar-refractivity contribution is -0.174. The number of amides is 2. The molecule has 0 aromatic heterocycles. The third-order valence-electron chi connectivity index (χ3n) is 15.2. The number of nitrogens with one attached hydrogen (secondary N) is 1. The molecule has 11 nitrogen and oxygen atoms in total. The van der Waals surface area contributed by atoms with Crippen molar-refractivity contribution in [1.29, 1.82) is 0 Å². The quantitative estimate of drug-likeness (QED) is 0.0415. The van der Waals surface area contributed by atoms with Gasteiger partial charge in [0.1, 0.15) is 17.2 Å². The van der Waals surface area contributed by atoms with Crippen LogP contribution in [0.5, 0.6) is 0 Å². The van der Waals surface area contributed by atoms with Crippen molar-refractivity contribution in [1.82, 2.24) is 10.2 Å². The number of rotatable bonds is 15. The number of carbonyl (C=O) groups is 4. The summed E-state index contributed by atoms with van der Waals surface area (Å²) in [7, 11) is 0. The number of azide groups is 1. The summed E-state index contributed by atoms with van der Waals surface area (Å²) in [6, 6.07) is -0.701. The van der Waals surface area contributed by atoms with Gasteiger partial charge in [0.2, 0.25) is 5.91 Å². The Bertz CT molecular complexity index is 1600. The second kappa shape index (κ2) is 16.7. The second-order valence-corrected chi connectivity index (χ2v) is 19.4. The highest BCUT2D eigenvalue weighted by Gasteiger charge is 2.63. The lowest BCUT2D eigenvalue weighted by Crippen LogP contribution is -2.70. The number of terminal acetylenes is 1. The molecule has 0 spiro atoms. The van der Waals surface area contributed by atoms with Crippen LogP contribution in [0.3, 0.4) is 0 Å². The Morgan fingerprint density at radius 3 is 2.57 bits per heavy atom. The van der Waals surface area contributed by atoms with Crippen LogP contribution in [0.2, 0.25) is 0 Å². The number of aliphatic hydroxyl groups excluding tert-OH is 2. The van der Waals surface area contributed by atoms with E-state index in [4.69, 9.17) is 12.0 Å². The van der Waals surface area contributed by atoms with E-state index in [-0.39, 0.29) is 71.2 Å². The van der Waals surface area contributed by atoms with Crippen molar-refractivity contribution >= 4 is 35.1 Å². The first-order valence-electron chi connectivity index (χ1n) is 20.5. The standard InChI is InChI=1S/C42H61N5O6S/c1-6-7-8-9-28(48)18-26(22-44-46-43)19-34(51)38-25(3)23-54-40-37(39(53)47(38)40)45-35(52)13-10-24(2)30-11-12-31-36-32(15-17-42(30,31)5)41(4)16-14-29(49)20-27(41)21-33(36)50/h1,24,26-27,29-33,36-37,40,49-50H,7-23H2,2-5H3,(H,45,52). The van der Waals surface area contributed by atoms with E-state index in [2.05, 4.69) is 42.0 Å². The summed E-state index contributed by atoms with van der Waals surface area (Å²) in [6.07, 6.45) is 15.3. The van der Waals surface area contributed by atoms with Crippen molar-refractivity contribution < 1.29 is 29.4 Å². The zero-order valence-corrected chi connectivity index (χ0v) is 33.5. The lowest BCUT2D eigenvalue weighted by atomic mass is 9.43. The van der Waals surface area contributed by atoms with E-state index in [1.807, 2.05) is 6.92 Å². The normalized spacial score (nSPS) is 38.0. The summed E-state index contributed by atoms with van der Waals surface area (Å²) in [4.78, 5) is 57.5. The van der Waals surface area contributed by atoms with E-state index in [1.54, 1.807) is 0 Å². The van der Waals surface area contributed by atoms with Crippen molar-refractivity contribution in [2.45, 2.75) is 148 Å². The van der Waals surface area contributed by atoms with Crippen LogP contribution < -0.4 is 5.32 Å². The number of nitrogens with zero attached hydrogens (tertiary/aromatic N) is 4. The number of thioether (sulfide) groups is 1. The maximum atomic E-state index is 13.7. The molecule has 296 valence electrons. The molecule has 3 N–H and O–H groups in total. The number of unbranched alkanes of at least 4 members (excludes halogenated alkanes) is 1. The van der Waals surface area contributed by atoms with Gasteiger partial charge in [0.05, 0.1) is 17.9 Å². The fourth-order valence-electron chi connectivity index (χ4n) is 12.4. The van der Waals surface area contributed by atoms with Gasteiger partial charge in [-0.2, -0.15) is 0 Å². The minimum Gasteiger partial charge on any atom is -0.393 e. The summed E-state index contributed by atoms with van der Waals surface area (Å²) in [5, 5.41) is 28.3. The van der Waals surface area contributed by atoms with Crippen LogP contribution in [0.1, 0.15) is 124 Å². The zero-order valence-electron chi connectivity index (χ0n) is 32.7. The summed E-state index contributed by atoms with van der Waals surface area (Å²) in [6.45, 7) is 9.00. The summed E-state index contributed by atoms with van der Waals surface area (Å²) in [5.74, 6) is 4.31. The monoisotopic (exact) mass is 763 g/mol. The van der Waals surface area contributed by atoms with Crippen LogP contribution in [0.15, 0.2) is 16.4 Å². The Labute approximate surface area is 325 Å². The Balaban J connectivity index is 1.02. The number of fused-ring (bicyclic) bond motifs is 6. The molecule has 5 fully saturated rings. The summed E-state index contributed by atoms with van der Waals surface area (Å²) >= 11 is 1.53. The number of ketones is 2. The van der Waals surface area contributed by atoms with Crippen molar-refractivity contribution in [3.05, 3.63) is 21.7 Å². The number of allylic oxidation sites excluding steroid dienone is 1. The number of hydrogen-bond acceptors (Lipinski definition) is 8. The molecule has 0 radical (unpaired) electrons. The SMILES string of the molecule is C#CCCCC(=O)CC(CN=[N+]=[N-])CC(=O)C1=C(C)CSC2C(NC(=O)CCC(C)C3CCC4C5C(O)CC6CC(O)CCC6(C)C5CCC34C)C(=O)N12. The first-order valence-corrected chi connectivity index (χ1v) is 21.6. The van der Waals surface area contributed by atoms with Gasteiger partial charge >= 0.3 is 0 Å². The third-order valence-corrected chi connectivity index (χ3v) is 16.6. The second-order valence-electron chi connectivity index (χ2n) is 18.3. The smallest absolute Gasteiger partial charge is 0.253 e. The molecular formula is C42H61N5O6S. The molecule has 2 amide bonds. The van der Waals surface area contributed by atoms with Gasteiger partial charge in [-0.25, -0.2) is 0 Å². The minimum absolute atomic E-state index is 0.00796. The average molecular weight is 764 g/mol. The molecule has 13 unspecified atom stereocenters. The molecule has 54 heavy (non-hydrogen) atoms. The van der Waals surface area contributed by atoms with Crippen LogP contribution in [0, 0.1) is 64.6 Å². The highest BCUT2D eigenvalue weighted by molar-refractivity contribution is 8.00. The Morgan fingerprint density at radius 1 is 1.09 bits per heavy atom. The van der Waals surface area contributed by atoms with Gasteiger partial charge < -0.3 is 15.5 Å². The van der Waals surface area contributed by atoms with Gasteiger partial charge in [0.15, 0.2) is 5.78 Å². The van der Waals surface area contributed by atoms with E-state index in [0.717, 1.165) is 63.4 Å². The third kappa shape index (κ3) is 7.77. The van der Waals surface area contributed by atoms with Crippen LogP contribution in [0.4, 0.5) is 0 Å². The topological polar surface area (TPSA) is 173 Å². The van der Waals surface area contributed by atoms with E-state index < -0.39 is 12.0 Å². The first kappa shape index (κ1) is 40.8. The van der Waals surface area contributed by atoms with Gasteiger partial charge in [-0.05, 0) is 134 Å². The van der Waals surface area contributed by atoms with Gasteiger partial charge in [-0.15, -0.1) is 24.1 Å². The minimum atomic E-state index is -0.701. The fraction of sp³-hybridized carbons (Fsp3) is 0.810. The Morgan fingerprint density at radius 2 is 1.83 bits per heavy atom. The van der Waals surface area contributed by atoms with Crippen LogP contribution in [0.25, 0.3) is 10.4 Å². The van der Waals surface area contributed by atoms with Crippen molar-refractivity contribution in [2.24, 2.45) is 57.4 Å². The van der Waals surface area contributed by atoms with Gasteiger partial charge in [0, 0.05) is 49.3 Å². The molecule has 13 atom stereocenters. The highest BCUT2D eigenvalue weighted by atomic mass is 32.2. The van der Waals surface area contributed by atoms with E-state index in [1.165, 1.54) is 16.7 Å². The summed E-state index contributed by atoms with van der Waals surface area (Å²) < 4.78 is 0. The van der Waals surface area contributed by atoms with Gasteiger partial charge in [0.25, 0.3) is 5.91 Å². The Kier molecular flexibility index (Phi) is 12.6.